The summed E-state index contributed by atoms with van der Waals surface area (Å²) in [5.41, 5.74) is 0. The van der Waals surface area contributed by atoms with Gasteiger partial charge in [0.1, 0.15) is 12.7 Å². The Kier molecular flexibility index (Phi) is 9.08. The molecular weight excluding hydrogens is 407 g/mol. The molecule has 0 bridgehead atoms. The van der Waals surface area contributed by atoms with E-state index in [-0.39, 0.29) is 30.1 Å². The Morgan fingerprint density at radius 2 is 2.00 bits per heavy atom. The molecule has 0 spiro atoms. The second kappa shape index (κ2) is 10.5. The zero-order valence-corrected chi connectivity index (χ0v) is 16.4. The lowest BCUT2D eigenvalue weighted by Gasteiger charge is -2.27. The molecule has 1 heterocycles. The first kappa shape index (κ1) is 19.8. The molecule has 6 nitrogen and oxygen atoms in total. The predicted molar refractivity (Wildman–Crippen MR) is 104 cm³/mol. The molecule has 0 saturated carbocycles. The number of nitrogens with one attached hydrogen (secondary N) is 2. The van der Waals surface area contributed by atoms with E-state index in [1.54, 1.807) is 7.05 Å². The quantitative estimate of drug-likeness (QED) is 0.308. The standard InChI is InChI=1S/C16H26N4O2.HI/c1-17-16(18-9-6-10-20(2)3)19-11-13-12-21-14-7-4-5-8-15(14)22-13;/h4-5,7-8,13H,6,9-12H2,1-3H3,(H2,17,18,19);1H. The van der Waals surface area contributed by atoms with Crippen molar-refractivity contribution in [1.29, 1.82) is 0 Å². The van der Waals surface area contributed by atoms with E-state index in [1.165, 1.54) is 0 Å². The highest BCUT2D eigenvalue weighted by atomic mass is 127. The number of para-hydroxylation sites is 2. The molecule has 0 amide bonds. The van der Waals surface area contributed by atoms with Crippen LogP contribution in [0.5, 0.6) is 11.5 Å². The Labute approximate surface area is 155 Å². The first-order valence-corrected chi connectivity index (χ1v) is 7.67. The Balaban J connectivity index is 0.00000264. The van der Waals surface area contributed by atoms with Gasteiger partial charge in [-0.3, -0.25) is 4.99 Å². The summed E-state index contributed by atoms with van der Waals surface area (Å²) in [5.74, 6) is 2.40. The van der Waals surface area contributed by atoms with Crippen molar-refractivity contribution in [2.24, 2.45) is 4.99 Å². The first-order chi connectivity index (χ1) is 10.7. The molecule has 0 saturated heterocycles. The minimum atomic E-state index is -0.0183. The van der Waals surface area contributed by atoms with E-state index in [9.17, 15) is 0 Å². The fourth-order valence-corrected chi connectivity index (χ4v) is 2.20. The molecule has 1 aromatic carbocycles. The van der Waals surface area contributed by atoms with Crippen molar-refractivity contribution in [2.75, 3.05) is 47.4 Å². The van der Waals surface area contributed by atoms with Gasteiger partial charge in [-0.1, -0.05) is 12.1 Å². The van der Waals surface area contributed by atoms with E-state index in [0.29, 0.717) is 13.2 Å². The van der Waals surface area contributed by atoms with Crippen LogP contribution < -0.4 is 20.1 Å². The third-order valence-electron chi connectivity index (χ3n) is 3.36. The lowest BCUT2D eigenvalue weighted by atomic mass is 10.2. The smallest absolute Gasteiger partial charge is 0.191 e. The molecule has 0 radical (unpaired) electrons. The maximum Gasteiger partial charge on any atom is 0.191 e. The number of rotatable bonds is 6. The van der Waals surface area contributed by atoms with Gasteiger partial charge in [0.2, 0.25) is 0 Å². The Hall–Kier alpha value is -1.22. The number of benzene rings is 1. The maximum absolute atomic E-state index is 5.91. The van der Waals surface area contributed by atoms with Crippen LogP contribution in [-0.4, -0.2) is 64.3 Å². The van der Waals surface area contributed by atoms with Gasteiger partial charge in [0.25, 0.3) is 0 Å². The summed E-state index contributed by atoms with van der Waals surface area (Å²) in [4.78, 5) is 6.39. The molecule has 130 valence electrons. The van der Waals surface area contributed by atoms with E-state index in [0.717, 1.165) is 37.0 Å². The van der Waals surface area contributed by atoms with Crippen molar-refractivity contribution in [2.45, 2.75) is 12.5 Å². The molecule has 7 heteroatoms. The van der Waals surface area contributed by atoms with Crippen molar-refractivity contribution in [3.05, 3.63) is 24.3 Å². The SMILES string of the molecule is CN=C(NCCCN(C)C)NCC1COc2ccccc2O1.I. The minimum Gasteiger partial charge on any atom is -0.486 e. The number of guanidine groups is 1. The van der Waals surface area contributed by atoms with Crippen molar-refractivity contribution < 1.29 is 9.47 Å². The highest BCUT2D eigenvalue weighted by Crippen LogP contribution is 2.30. The molecule has 1 aromatic rings. The summed E-state index contributed by atoms with van der Waals surface area (Å²) < 4.78 is 11.6. The van der Waals surface area contributed by atoms with Crippen LogP contribution in [0.25, 0.3) is 0 Å². The topological polar surface area (TPSA) is 58.1 Å². The molecule has 1 aliphatic rings. The average Bonchev–Trinajstić information content (AvgIpc) is 2.53. The zero-order valence-electron chi connectivity index (χ0n) is 14.0. The lowest BCUT2D eigenvalue weighted by molar-refractivity contribution is 0.0936. The second-order valence-electron chi connectivity index (χ2n) is 5.53. The highest BCUT2D eigenvalue weighted by Gasteiger charge is 2.20. The summed E-state index contributed by atoms with van der Waals surface area (Å²) >= 11 is 0. The van der Waals surface area contributed by atoms with E-state index in [4.69, 9.17) is 9.47 Å². The van der Waals surface area contributed by atoms with Crippen LogP contribution in [0.3, 0.4) is 0 Å². The van der Waals surface area contributed by atoms with Crippen molar-refractivity contribution >= 4 is 29.9 Å². The van der Waals surface area contributed by atoms with Gasteiger partial charge in [0.15, 0.2) is 17.5 Å². The molecule has 1 unspecified atom stereocenters. The summed E-state index contributed by atoms with van der Waals surface area (Å²) in [6.45, 7) is 3.15. The Bertz CT molecular complexity index is 497. The molecule has 0 aliphatic carbocycles. The van der Waals surface area contributed by atoms with Gasteiger partial charge in [-0.2, -0.15) is 0 Å². The van der Waals surface area contributed by atoms with Crippen LogP contribution in [0.15, 0.2) is 29.3 Å². The maximum atomic E-state index is 5.91. The second-order valence-corrected chi connectivity index (χ2v) is 5.53. The summed E-state index contributed by atoms with van der Waals surface area (Å²) in [6, 6.07) is 7.74. The van der Waals surface area contributed by atoms with E-state index in [1.807, 2.05) is 24.3 Å². The average molecular weight is 434 g/mol. The van der Waals surface area contributed by atoms with Crippen LogP contribution in [0.2, 0.25) is 0 Å². The normalized spacial score (nSPS) is 16.7. The van der Waals surface area contributed by atoms with E-state index >= 15 is 0 Å². The number of aliphatic imine (C=N–C) groups is 1. The van der Waals surface area contributed by atoms with Gasteiger partial charge in [-0.15, -0.1) is 24.0 Å². The molecule has 0 aromatic heterocycles. The first-order valence-electron chi connectivity index (χ1n) is 7.67. The Morgan fingerprint density at radius 3 is 2.70 bits per heavy atom. The molecule has 2 rings (SSSR count). The number of hydrogen-bond donors (Lipinski definition) is 2. The summed E-state index contributed by atoms with van der Waals surface area (Å²) in [7, 11) is 5.92. The van der Waals surface area contributed by atoms with Crippen LogP contribution in [-0.2, 0) is 0 Å². The van der Waals surface area contributed by atoms with Crippen LogP contribution in [0.1, 0.15) is 6.42 Å². The third kappa shape index (κ3) is 6.82. The van der Waals surface area contributed by atoms with Gasteiger partial charge in [-0.25, -0.2) is 0 Å². The molecule has 2 N–H and O–H groups in total. The number of halogens is 1. The number of hydrogen-bond acceptors (Lipinski definition) is 4. The van der Waals surface area contributed by atoms with Gasteiger partial charge < -0.3 is 25.0 Å². The highest BCUT2D eigenvalue weighted by molar-refractivity contribution is 14.0. The van der Waals surface area contributed by atoms with E-state index in [2.05, 4.69) is 34.6 Å². The van der Waals surface area contributed by atoms with E-state index < -0.39 is 0 Å². The molecule has 0 fully saturated rings. The summed E-state index contributed by atoms with van der Waals surface area (Å²) in [6.07, 6.45) is 1.06. The van der Waals surface area contributed by atoms with Crippen molar-refractivity contribution in [3.8, 4) is 11.5 Å². The van der Waals surface area contributed by atoms with Gasteiger partial charge in [-0.05, 0) is 39.2 Å². The monoisotopic (exact) mass is 434 g/mol. The predicted octanol–water partition coefficient (Wildman–Crippen LogP) is 1.56. The van der Waals surface area contributed by atoms with Crippen molar-refractivity contribution in [3.63, 3.8) is 0 Å². The fourth-order valence-electron chi connectivity index (χ4n) is 2.20. The molecular formula is C16H27IN4O2. The van der Waals surface area contributed by atoms with Gasteiger partial charge >= 0.3 is 0 Å². The molecule has 1 atom stereocenters. The number of ether oxygens (including phenoxy) is 2. The van der Waals surface area contributed by atoms with Crippen LogP contribution in [0, 0.1) is 0 Å². The minimum absolute atomic E-state index is 0. The molecule has 1 aliphatic heterocycles. The number of nitrogens with zero attached hydrogens (tertiary/aromatic N) is 2. The lowest BCUT2D eigenvalue weighted by Crippen LogP contribution is -2.45. The van der Waals surface area contributed by atoms with Crippen LogP contribution >= 0.6 is 24.0 Å². The van der Waals surface area contributed by atoms with Crippen LogP contribution in [0.4, 0.5) is 0 Å². The molecule has 23 heavy (non-hydrogen) atoms. The largest absolute Gasteiger partial charge is 0.486 e. The van der Waals surface area contributed by atoms with Gasteiger partial charge in [0.05, 0.1) is 6.54 Å². The Morgan fingerprint density at radius 1 is 1.26 bits per heavy atom. The summed E-state index contributed by atoms with van der Waals surface area (Å²) in [5, 5.41) is 6.58. The zero-order chi connectivity index (χ0) is 15.8. The number of fused-ring (bicyclic) bond motifs is 1. The van der Waals surface area contributed by atoms with Crippen molar-refractivity contribution in [1.82, 2.24) is 15.5 Å². The van der Waals surface area contributed by atoms with Gasteiger partial charge in [0, 0.05) is 13.6 Å². The fraction of sp³-hybridized carbons (Fsp3) is 0.562. The third-order valence-corrected chi connectivity index (χ3v) is 3.36.